The number of hydrogen-bond acceptors (Lipinski definition) is 6. The Balaban J connectivity index is 0.000000272. The molecule has 1 saturated heterocycles. The van der Waals surface area contributed by atoms with Gasteiger partial charge in [0.2, 0.25) is 5.91 Å². The molecule has 3 fully saturated rings. The quantitative estimate of drug-likeness (QED) is 0.402. The van der Waals surface area contributed by atoms with E-state index in [1.165, 1.54) is 25.7 Å². The van der Waals surface area contributed by atoms with Crippen LogP contribution >= 0.6 is 11.8 Å². The van der Waals surface area contributed by atoms with Gasteiger partial charge in [0, 0.05) is 35.6 Å². The molecule has 6 atom stereocenters. The normalized spacial score (nSPS) is 28.6. The van der Waals surface area contributed by atoms with Crippen LogP contribution in [0.3, 0.4) is 0 Å². The van der Waals surface area contributed by atoms with Crippen LogP contribution in [0.15, 0.2) is 22.0 Å². The molecule has 0 spiro atoms. The van der Waals surface area contributed by atoms with E-state index in [-0.39, 0.29) is 23.8 Å². The topological polar surface area (TPSA) is 103 Å². The van der Waals surface area contributed by atoms with Gasteiger partial charge >= 0.3 is 0 Å². The molecule has 3 N–H and O–H groups in total. The summed E-state index contributed by atoms with van der Waals surface area (Å²) in [5.74, 6) is 2.84. The average Bonchev–Trinajstić information content (AvgIpc) is 3.56. The number of carbonyl (C=O) groups excluding carboxylic acids is 2. The highest BCUT2D eigenvalue weighted by Gasteiger charge is 2.51. The van der Waals surface area contributed by atoms with Gasteiger partial charge in [-0.3, -0.25) is 14.6 Å². The summed E-state index contributed by atoms with van der Waals surface area (Å²) in [6.45, 7) is 12.5. The maximum Gasteiger partial charge on any atom is 0.256 e. The number of nitrogens with one attached hydrogen (secondary N) is 1. The van der Waals surface area contributed by atoms with Gasteiger partial charge in [-0.2, -0.15) is 0 Å². The number of nitrogens with zero attached hydrogens (tertiary/aromatic N) is 1. The number of ether oxygens (including phenoxy) is 2. The molecular weight excluding hydrogens is 510 g/mol. The van der Waals surface area contributed by atoms with Gasteiger partial charge in [-0.05, 0) is 74.8 Å². The molecule has 39 heavy (non-hydrogen) atoms. The van der Waals surface area contributed by atoms with Crippen LogP contribution in [-0.4, -0.2) is 49.6 Å². The summed E-state index contributed by atoms with van der Waals surface area (Å²) in [7, 11) is 1.56. The molecule has 0 radical (unpaired) electrons. The number of hydrogen-bond donors (Lipinski definition) is 2. The number of nitrogens with two attached hydrogens (primary N) is 1. The van der Waals surface area contributed by atoms with Gasteiger partial charge in [-0.1, -0.05) is 40.5 Å². The third-order valence-electron chi connectivity index (χ3n) is 8.47. The van der Waals surface area contributed by atoms with Crippen molar-refractivity contribution >= 4 is 35.0 Å². The summed E-state index contributed by atoms with van der Waals surface area (Å²) in [6, 6.07) is 3.48. The van der Waals surface area contributed by atoms with Gasteiger partial charge in [0.15, 0.2) is 0 Å². The number of benzene rings is 1. The first-order chi connectivity index (χ1) is 18.9. The fourth-order valence-corrected chi connectivity index (χ4v) is 7.64. The molecule has 2 saturated carbocycles. The van der Waals surface area contributed by atoms with E-state index >= 15 is 0 Å². The molecule has 2 aliphatic carbocycles. The highest BCUT2D eigenvalue weighted by Crippen LogP contribution is 2.49. The summed E-state index contributed by atoms with van der Waals surface area (Å²) in [6.07, 6.45) is 8.41. The van der Waals surface area contributed by atoms with E-state index in [1.54, 1.807) is 24.9 Å². The van der Waals surface area contributed by atoms with Crippen LogP contribution in [-0.2, 0) is 9.53 Å². The highest BCUT2D eigenvalue weighted by molar-refractivity contribution is 8.00. The average molecular weight is 560 g/mol. The highest BCUT2D eigenvalue weighted by atomic mass is 32.2. The number of thioether (sulfide) groups is 1. The van der Waals surface area contributed by atoms with Crippen LogP contribution in [0.2, 0.25) is 0 Å². The van der Waals surface area contributed by atoms with E-state index in [2.05, 4.69) is 24.2 Å². The van der Waals surface area contributed by atoms with Gasteiger partial charge in [0.1, 0.15) is 5.75 Å². The molecule has 6 unspecified atom stereocenters. The minimum atomic E-state index is -0.306. The van der Waals surface area contributed by atoms with Gasteiger partial charge in [-0.15, -0.1) is 11.8 Å². The van der Waals surface area contributed by atoms with Gasteiger partial charge in [0.25, 0.3) is 5.91 Å². The smallest absolute Gasteiger partial charge is 0.256 e. The number of carbonyl (C=O) groups is 2. The summed E-state index contributed by atoms with van der Waals surface area (Å²) >= 11 is 1.60. The Morgan fingerprint density at radius 2 is 1.85 bits per heavy atom. The van der Waals surface area contributed by atoms with E-state index in [0.29, 0.717) is 23.1 Å². The first kappa shape index (κ1) is 31.5. The molecule has 2 heterocycles. The Morgan fingerprint density at radius 1 is 1.13 bits per heavy atom. The lowest BCUT2D eigenvalue weighted by atomic mass is 9.84. The van der Waals surface area contributed by atoms with Crippen molar-refractivity contribution in [1.29, 1.82) is 0 Å². The fourth-order valence-electron chi connectivity index (χ4n) is 6.62. The fraction of sp³-hybridized carbons (Fsp3) is 0.710. The zero-order valence-corrected chi connectivity index (χ0v) is 25.6. The molecule has 1 aromatic carbocycles. The molecule has 7 nitrogen and oxygen atoms in total. The van der Waals surface area contributed by atoms with Crippen molar-refractivity contribution in [3.63, 3.8) is 0 Å². The van der Waals surface area contributed by atoms with Crippen LogP contribution in [0.25, 0.3) is 0 Å². The van der Waals surface area contributed by atoms with Crippen molar-refractivity contribution in [3.8, 4) is 5.75 Å². The predicted molar refractivity (Wildman–Crippen MR) is 160 cm³/mol. The second-order valence-electron chi connectivity index (χ2n) is 11.1. The Kier molecular flexibility index (Phi) is 12.2. The Labute approximate surface area is 239 Å². The first-order valence-corrected chi connectivity index (χ1v) is 15.9. The van der Waals surface area contributed by atoms with Gasteiger partial charge < -0.3 is 20.5 Å². The molecule has 5 rings (SSSR count). The number of fused-ring (bicyclic) bond motifs is 3. The van der Waals surface area contributed by atoms with E-state index in [9.17, 15) is 9.59 Å². The van der Waals surface area contributed by atoms with Crippen LogP contribution in [0, 0.1) is 29.6 Å². The predicted octanol–water partition coefficient (Wildman–Crippen LogP) is 6.40. The molecule has 2 aliphatic heterocycles. The van der Waals surface area contributed by atoms with Crippen LogP contribution in [0.4, 0.5) is 5.69 Å². The van der Waals surface area contributed by atoms with Crippen molar-refractivity contribution < 1.29 is 19.1 Å². The summed E-state index contributed by atoms with van der Waals surface area (Å²) in [4.78, 5) is 30.5. The molecule has 218 valence electrons. The third-order valence-corrected chi connectivity index (χ3v) is 9.74. The zero-order chi connectivity index (χ0) is 28.5. The lowest BCUT2D eigenvalue weighted by Gasteiger charge is -2.30. The molecule has 2 amide bonds. The Hall–Kier alpha value is -2.06. The molecular formula is C31H49N3O4S. The minimum Gasteiger partial charge on any atom is -0.496 e. The van der Waals surface area contributed by atoms with E-state index in [1.807, 2.05) is 26.8 Å². The standard InChI is InChI=1S/C19H23N3O3S.C10H20O.C2H6/c1-9-8-26-17-12(21-9)5-6-13(25-2)15(17)19(24)22-16-11-4-3-10(7-11)14(16)18(20)23;1-3-5-10-6-9(4-2)7-11-8-10;1-2/h5-6,10-11,14,16H,3-4,7-8H2,1-2H3,(H2,20,23)(H,22,24);9-10H,3-8H2,1-2H3;1-2H3. The number of primary amides is 1. The number of methoxy groups -OCH3 is 1. The van der Waals surface area contributed by atoms with Crippen LogP contribution in [0.5, 0.6) is 5.75 Å². The minimum absolute atomic E-state index is 0.182. The van der Waals surface area contributed by atoms with E-state index in [4.69, 9.17) is 15.2 Å². The molecule has 4 aliphatic rings. The van der Waals surface area contributed by atoms with E-state index in [0.717, 1.165) is 66.4 Å². The number of amides is 2. The van der Waals surface area contributed by atoms with Crippen molar-refractivity contribution in [2.24, 2.45) is 40.3 Å². The van der Waals surface area contributed by atoms with Crippen molar-refractivity contribution in [3.05, 3.63) is 17.7 Å². The molecule has 1 aromatic rings. The second kappa shape index (κ2) is 15.1. The Bertz CT molecular complexity index is 1010. The van der Waals surface area contributed by atoms with Crippen molar-refractivity contribution in [1.82, 2.24) is 5.32 Å². The lowest BCUT2D eigenvalue weighted by molar-refractivity contribution is -0.124. The summed E-state index contributed by atoms with van der Waals surface area (Å²) < 4.78 is 11.0. The van der Waals surface area contributed by atoms with Gasteiger partial charge in [0.05, 0.1) is 24.3 Å². The molecule has 8 heteroatoms. The van der Waals surface area contributed by atoms with Gasteiger partial charge in [-0.25, -0.2) is 0 Å². The molecule has 2 bridgehead atoms. The van der Waals surface area contributed by atoms with E-state index < -0.39 is 0 Å². The van der Waals surface area contributed by atoms with Crippen molar-refractivity contribution in [2.45, 2.75) is 90.5 Å². The second-order valence-corrected chi connectivity index (χ2v) is 12.1. The van der Waals surface area contributed by atoms with Crippen LogP contribution in [0.1, 0.15) is 89.9 Å². The lowest BCUT2D eigenvalue weighted by Crippen LogP contribution is -2.48. The van der Waals surface area contributed by atoms with Crippen molar-refractivity contribution in [2.75, 3.05) is 26.1 Å². The first-order valence-electron chi connectivity index (χ1n) is 14.9. The number of rotatable bonds is 7. The zero-order valence-electron chi connectivity index (χ0n) is 24.8. The monoisotopic (exact) mass is 559 g/mol. The SMILES string of the molecule is CC.CCCC1COCC(CC)C1.COc1ccc2c(c1C(=O)NC1C3CCC(C3)C1C(N)=O)SCC(C)=N2. The maximum absolute atomic E-state index is 13.2. The Morgan fingerprint density at radius 3 is 2.51 bits per heavy atom. The molecule has 0 aromatic heterocycles. The number of aliphatic imine (C=N–C) groups is 1. The largest absolute Gasteiger partial charge is 0.496 e. The third kappa shape index (κ3) is 7.57. The maximum atomic E-state index is 13.2. The van der Waals surface area contributed by atoms with Crippen LogP contribution < -0.4 is 15.8 Å². The summed E-state index contributed by atoms with van der Waals surface area (Å²) in [5.41, 5.74) is 7.97. The summed E-state index contributed by atoms with van der Waals surface area (Å²) in [5, 5.41) is 3.11.